The standard InChI is InChI=1S/C10H15NO4/c1-2-15-10(14)11-8-4-7(9(12)13)5-3-6(5)8/h5-8H,2-4H2,1H3,(H,11,14)(H,12,13). The molecule has 0 saturated heterocycles. The lowest BCUT2D eigenvalue weighted by atomic mass is 10.0. The van der Waals surface area contributed by atoms with Crippen molar-refractivity contribution >= 4 is 12.1 Å². The van der Waals surface area contributed by atoms with Gasteiger partial charge in [0.2, 0.25) is 0 Å². The van der Waals surface area contributed by atoms with E-state index < -0.39 is 12.1 Å². The van der Waals surface area contributed by atoms with Crippen LogP contribution in [0.1, 0.15) is 19.8 Å². The Hall–Kier alpha value is -1.26. The summed E-state index contributed by atoms with van der Waals surface area (Å²) in [7, 11) is 0. The van der Waals surface area contributed by atoms with Gasteiger partial charge >= 0.3 is 12.1 Å². The summed E-state index contributed by atoms with van der Waals surface area (Å²) >= 11 is 0. The van der Waals surface area contributed by atoms with Gasteiger partial charge in [0, 0.05) is 6.04 Å². The van der Waals surface area contributed by atoms with Crippen molar-refractivity contribution in [1.82, 2.24) is 5.32 Å². The van der Waals surface area contributed by atoms with Crippen molar-refractivity contribution in [3.63, 3.8) is 0 Å². The number of hydrogen-bond acceptors (Lipinski definition) is 3. The topological polar surface area (TPSA) is 75.6 Å². The molecule has 15 heavy (non-hydrogen) atoms. The van der Waals surface area contributed by atoms with Crippen LogP contribution in [-0.4, -0.2) is 29.8 Å². The average Bonchev–Trinajstić information content (AvgIpc) is 2.85. The Morgan fingerprint density at radius 1 is 1.40 bits per heavy atom. The summed E-state index contributed by atoms with van der Waals surface area (Å²) in [5, 5.41) is 11.7. The first kappa shape index (κ1) is 10.3. The molecule has 4 atom stereocenters. The van der Waals surface area contributed by atoms with Gasteiger partial charge < -0.3 is 15.2 Å². The second-order valence-corrected chi connectivity index (χ2v) is 4.22. The van der Waals surface area contributed by atoms with Crippen LogP contribution in [0.2, 0.25) is 0 Å². The third-order valence-electron chi connectivity index (χ3n) is 3.33. The molecule has 2 N–H and O–H groups in total. The van der Waals surface area contributed by atoms with Gasteiger partial charge in [0.15, 0.2) is 0 Å². The lowest BCUT2D eigenvalue weighted by Gasteiger charge is -2.15. The number of carboxylic acids is 1. The summed E-state index contributed by atoms with van der Waals surface area (Å²) in [6, 6.07) is -0.00449. The van der Waals surface area contributed by atoms with Crippen LogP contribution in [0.15, 0.2) is 0 Å². The zero-order valence-electron chi connectivity index (χ0n) is 8.60. The summed E-state index contributed by atoms with van der Waals surface area (Å²) in [6.45, 7) is 2.09. The summed E-state index contributed by atoms with van der Waals surface area (Å²) in [6.07, 6.45) is 1.04. The molecule has 2 aliphatic carbocycles. The Morgan fingerprint density at radius 3 is 2.67 bits per heavy atom. The highest BCUT2D eigenvalue weighted by atomic mass is 16.5. The van der Waals surface area contributed by atoms with Crippen LogP contribution < -0.4 is 5.32 Å². The molecule has 2 fully saturated rings. The molecule has 84 valence electrons. The van der Waals surface area contributed by atoms with E-state index in [2.05, 4.69) is 5.32 Å². The molecule has 0 bridgehead atoms. The lowest BCUT2D eigenvalue weighted by Crippen LogP contribution is -2.36. The van der Waals surface area contributed by atoms with Crippen molar-refractivity contribution in [2.24, 2.45) is 17.8 Å². The van der Waals surface area contributed by atoms with Crippen LogP contribution >= 0.6 is 0 Å². The van der Waals surface area contributed by atoms with Crippen LogP contribution in [0.3, 0.4) is 0 Å². The molecule has 0 aromatic rings. The fraction of sp³-hybridized carbons (Fsp3) is 0.800. The number of alkyl carbamates (subject to hydrolysis) is 1. The van der Waals surface area contributed by atoms with Gasteiger partial charge in [-0.3, -0.25) is 4.79 Å². The van der Waals surface area contributed by atoms with Gasteiger partial charge in [-0.1, -0.05) is 0 Å². The minimum absolute atomic E-state index is 0.00449. The highest BCUT2D eigenvalue weighted by molar-refractivity contribution is 5.73. The molecule has 0 radical (unpaired) electrons. The van der Waals surface area contributed by atoms with Gasteiger partial charge in [-0.05, 0) is 31.6 Å². The summed E-state index contributed by atoms with van der Waals surface area (Å²) < 4.78 is 4.77. The van der Waals surface area contributed by atoms with E-state index in [0.717, 1.165) is 6.42 Å². The predicted octanol–water partition coefficient (Wildman–Crippen LogP) is 0.842. The number of carbonyl (C=O) groups excluding carboxylic acids is 1. The number of carboxylic acid groups (broad SMARTS) is 1. The van der Waals surface area contributed by atoms with E-state index in [1.54, 1.807) is 6.92 Å². The molecule has 2 saturated carbocycles. The minimum atomic E-state index is -0.740. The SMILES string of the molecule is CCOC(=O)NC1CC(C(=O)O)C2CC12. The van der Waals surface area contributed by atoms with Crippen LogP contribution in [0, 0.1) is 17.8 Å². The molecule has 1 amide bonds. The number of rotatable bonds is 3. The van der Waals surface area contributed by atoms with Crippen LogP contribution in [0.25, 0.3) is 0 Å². The van der Waals surface area contributed by atoms with E-state index in [-0.39, 0.29) is 17.9 Å². The minimum Gasteiger partial charge on any atom is -0.481 e. The number of carbonyl (C=O) groups is 2. The van der Waals surface area contributed by atoms with E-state index in [4.69, 9.17) is 9.84 Å². The van der Waals surface area contributed by atoms with Crippen LogP contribution in [0.5, 0.6) is 0 Å². The van der Waals surface area contributed by atoms with Gasteiger partial charge in [0.25, 0.3) is 0 Å². The summed E-state index contributed by atoms with van der Waals surface area (Å²) in [5.41, 5.74) is 0. The first-order valence-corrected chi connectivity index (χ1v) is 5.29. The molecule has 0 aromatic heterocycles. The number of ether oxygens (including phenoxy) is 1. The summed E-state index contributed by atoms with van der Waals surface area (Å²) in [4.78, 5) is 22.0. The largest absolute Gasteiger partial charge is 0.481 e. The predicted molar refractivity (Wildman–Crippen MR) is 51.3 cm³/mol. The van der Waals surface area contributed by atoms with Crippen LogP contribution in [-0.2, 0) is 9.53 Å². The Labute approximate surface area is 87.8 Å². The normalized spacial score (nSPS) is 36.9. The summed E-state index contributed by atoms with van der Waals surface area (Å²) in [5.74, 6) is -0.387. The zero-order valence-corrected chi connectivity index (χ0v) is 8.60. The van der Waals surface area contributed by atoms with Crippen molar-refractivity contribution in [1.29, 1.82) is 0 Å². The van der Waals surface area contributed by atoms with Crippen molar-refractivity contribution in [3.8, 4) is 0 Å². The smallest absolute Gasteiger partial charge is 0.407 e. The lowest BCUT2D eigenvalue weighted by molar-refractivity contribution is -0.142. The highest BCUT2D eigenvalue weighted by Crippen LogP contribution is 2.55. The first-order chi connectivity index (χ1) is 7.13. The molecular formula is C10H15NO4. The van der Waals surface area contributed by atoms with E-state index in [0.29, 0.717) is 18.9 Å². The third kappa shape index (κ3) is 1.91. The Kier molecular flexibility index (Phi) is 2.54. The van der Waals surface area contributed by atoms with Crippen molar-refractivity contribution in [2.45, 2.75) is 25.8 Å². The molecule has 0 aliphatic heterocycles. The molecule has 0 aromatic carbocycles. The Morgan fingerprint density at radius 2 is 2.13 bits per heavy atom. The second kappa shape index (κ2) is 3.72. The molecule has 5 heteroatoms. The van der Waals surface area contributed by atoms with Crippen LogP contribution in [0.4, 0.5) is 4.79 Å². The van der Waals surface area contributed by atoms with E-state index in [9.17, 15) is 9.59 Å². The zero-order chi connectivity index (χ0) is 11.0. The number of fused-ring (bicyclic) bond motifs is 1. The van der Waals surface area contributed by atoms with Gasteiger partial charge in [-0.2, -0.15) is 0 Å². The van der Waals surface area contributed by atoms with Gasteiger partial charge in [-0.25, -0.2) is 4.79 Å². The molecule has 5 nitrogen and oxygen atoms in total. The second-order valence-electron chi connectivity index (χ2n) is 4.22. The number of hydrogen-bond donors (Lipinski definition) is 2. The van der Waals surface area contributed by atoms with Gasteiger partial charge in [-0.15, -0.1) is 0 Å². The quantitative estimate of drug-likeness (QED) is 0.728. The van der Waals surface area contributed by atoms with Crippen molar-refractivity contribution in [3.05, 3.63) is 0 Å². The monoisotopic (exact) mass is 213 g/mol. The van der Waals surface area contributed by atoms with E-state index >= 15 is 0 Å². The fourth-order valence-corrected chi connectivity index (χ4v) is 2.56. The molecule has 4 unspecified atom stereocenters. The number of nitrogens with one attached hydrogen (secondary N) is 1. The molecule has 0 heterocycles. The van der Waals surface area contributed by atoms with Crippen molar-refractivity contribution < 1.29 is 19.4 Å². The first-order valence-electron chi connectivity index (χ1n) is 5.29. The average molecular weight is 213 g/mol. The maximum absolute atomic E-state index is 11.2. The van der Waals surface area contributed by atoms with E-state index in [1.807, 2.05) is 0 Å². The Balaban J connectivity index is 1.86. The molecule has 2 aliphatic rings. The maximum atomic E-state index is 11.2. The van der Waals surface area contributed by atoms with Gasteiger partial charge in [0.1, 0.15) is 0 Å². The molecule has 0 spiro atoms. The van der Waals surface area contributed by atoms with E-state index in [1.165, 1.54) is 0 Å². The molecule has 2 rings (SSSR count). The number of amides is 1. The molecular weight excluding hydrogens is 198 g/mol. The third-order valence-corrected chi connectivity index (χ3v) is 3.33. The maximum Gasteiger partial charge on any atom is 0.407 e. The fourth-order valence-electron chi connectivity index (χ4n) is 2.56. The van der Waals surface area contributed by atoms with Crippen molar-refractivity contribution in [2.75, 3.05) is 6.61 Å². The number of aliphatic carboxylic acids is 1. The van der Waals surface area contributed by atoms with Gasteiger partial charge in [0.05, 0.1) is 12.5 Å². The Bertz CT molecular complexity index is 291. The highest BCUT2D eigenvalue weighted by Gasteiger charge is 2.57.